The number of piperidine rings is 1. The third-order valence-corrected chi connectivity index (χ3v) is 18.0. The molecule has 7 fully saturated rings. The Balaban J connectivity index is 1.14. The molecule has 0 radical (unpaired) electrons. The zero-order chi connectivity index (χ0) is 35.5. The highest BCUT2D eigenvalue weighted by molar-refractivity contribution is 5.84. The molecule has 12 atom stereocenters. The van der Waals surface area contributed by atoms with E-state index in [1.165, 1.54) is 31.3 Å². The molecule has 0 spiro atoms. The van der Waals surface area contributed by atoms with E-state index < -0.39 is 5.97 Å². The molecule has 7 rings (SSSR count). The van der Waals surface area contributed by atoms with Gasteiger partial charge in [-0.2, -0.15) is 0 Å². The summed E-state index contributed by atoms with van der Waals surface area (Å²) in [6.45, 7) is 25.3. The molecule has 1 N–H and O–H groups in total. The van der Waals surface area contributed by atoms with Crippen molar-refractivity contribution in [2.45, 2.75) is 151 Å². The fourth-order valence-electron chi connectivity index (χ4n) is 15.1. The molecule has 6 saturated carbocycles. The average Bonchev–Trinajstić information content (AvgIpc) is 3.35. The van der Waals surface area contributed by atoms with E-state index in [9.17, 15) is 19.5 Å². The van der Waals surface area contributed by atoms with Gasteiger partial charge in [0, 0.05) is 24.9 Å². The molecule has 1 amide bonds. The number of nitrogens with zero attached hydrogens (tertiary/aromatic N) is 1. The van der Waals surface area contributed by atoms with E-state index in [1.54, 1.807) is 0 Å². The van der Waals surface area contributed by atoms with Crippen molar-refractivity contribution in [3.63, 3.8) is 0 Å². The van der Waals surface area contributed by atoms with Crippen molar-refractivity contribution in [2.24, 2.45) is 73.9 Å². The van der Waals surface area contributed by atoms with Gasteiger partial charge in [-0.3, -0.25) is 14.4 Å². The van der Waals surface area contributed by atoms with Crippen LogP contribution in [0.4, 0.5) is 0 Å². The number of ether oxygens (including phenoxy) is 1. The van der Waals surface area contributed by atoms with Crippen LogP contribution in [0.2, 0.25) is 0 Å². The fraction of sp³-hybridized carbons (Fsp3) is 0.884. The largest absolute Gasteiger partial charge is 0.481 e. The highest BCUT2D eigenvalue weighted by Crippen LogP contribution is 2.78. The molecule has 0 unspecified atom stereocenters. The van der Waals surface area contributed by atoms with Crippen molar-refractivity contribution in [3.8, 4) is 0 Å². The Labute approximate surface area is 296 Å². The van der Waals surface area contributed by atoms with Crippen LogP contribution >= 0.6 is 0 Å². The molecule has 1 saturated heterocycles. The third kappa shape index (κ3) is 4.92. The van der Waals surface area contributed by atoms with Crippen LogP contribution < -0.4 is 0 Å². The molecule has 0 aromatic carbocycles. The first-order valence-corrected chi connectivity index (χ1v) is 20.2. The Hall–Kier alpha value is -1.85. The Bertz CT molecular complexity index is 1390. The third-order valence-electron chi connectivity index (χ3n) is 18.0. The van der Waals surface area contributed by atoms with Gasteiger partial charge in [0.1, 0.15) is 6.10 Å². The molecule has 0 aromatic heterocycles. The van der Waals surface area contributed by atoms with Gasteiger partial charge < -0.3 is 14.7 Å². The fourth-order valence-corrected chi connectivity index (χ4v) is 15.1. The quantitative estimate of drug-likeness (QED) is 0.224. The summed E-state index contributed by atoms with van der Waals surface area (Å²) in [6, 6.07) is 0. The first kappa shape index (κ1) is 35.5. The predicted octanol–water partition coefficient (Wildman–Crippen LogP) is 9.32. The van der Waals surface area contributed by atoms with E-state index in [4.69, 9.17) is 4.74 Å². The number of hydrogen-bond acceptors (Lipinski definition) is 4. The summed E-state index contributed by atoms with van der Waals surface area (Å²) in [7, 11) is 0. The number of aliphatic carboxylic acids is 1. The molecule has 0 bridgehead atoms. The van der Waals surface area contributed by atoms with Gasteiger partial charge >= 0.3 is 11.9 Å². The number of carbonyl (C=O) groups is 3. The SMILES string of the molecule is C=C(C)[C@@H]1CC[C@]2(C(=O)N3CCCCC3)CC[C@]3(C)[C@H](CC[C@@H]4[C@@]5(C)CC[C@H](OC(=O)[C@@H]6[C@H](CC(=O)O)C6(C)C)C(C)(C)[C@@H]5CC[C@]43C)[C@@H]12. The number of likely N-dealkylation sites (tertiary alicyclic amines) is 1. The zero-order valence-electron chi connectivity index (χ0n) is 32.2. The van der Waals surface area contributed by atoms with Crippen molar-refractivity contribution in [1.29, 1.82) is 0 Å². The summed E-state index contributed by atoms with van der Waals surface area (Å²) in [6.07, 6.45) is 14.5. The van der Waals surface area contributed by atoms with Gasteiger partial charge in [-0.25, -0.2) is 0 Å². The minimum Gasteiger partial charge on any atom is -0.481 e. The van der Waals surface area contributed by atoms with E-state index in [1.807, 2.05) is 13.8 Å². The van der Waals surface area contributed by atoms with Crippen molar-refractivity contribution in [2.75, 3.05) is 13.1 Å². The topological polar surface area (TPSA) is 83.9 Å². The summed E-state index contributed by atoms with van der Waals surface area (Å²) >= 11 is 0. The highest BCUT2D eigenvalue weighted by Gasteiger charge is 2.72. The van der Waals surface area contributed by atoms with Gasteiger partial charge in [0.15, 0.2) is 0 Å². The van der Waals surface area contributed by atoms with Gasteiger partial charge in [-0.05, 0) is 148 Å². The monoisotopic (exact) mass is 678 g/mol. The number of carbonyl (C=O) groups excluding carboxylic acids is 2. The molecule has 7 aliphatic rings. The lowest BCUT2D eigenvalue weighted by molar-refractivity contribution is -0.250. The van der Waals surface area contributed by atoms with Gasteiger partial charge in [-0.1, -0.05) is 60.6 Å². The van der Waals surface area contributed by atoms with Crippen LogP contribution in [0.3, 0.4) is 0 Å². The summed E-state index contributed by atoms with van der Waals surface area (Å²) < 4.78 is 6.43. The van der Waals surface area contributed by atoms with Gasteiger partial charge in [0.25, 0.3) is 0 Å². The second-order valence-electron chi connectivity index (χ2n) is 20.5. The van der Waals surface area contributed by atoms with Gasteiger partial charge in [-0.15, -0.1) is 0 Å². The summed E-state index contributed by atoms with van der Waals surface area (Å²) in [5.41, 5.74) is 1.17. The van der Waals surface area contributed by atoms with Crippen molar-refractivity contribution < 1.29 is 24.2 Å². The lowest BCUT2D eigenvalue weighted by Crippen LogP contribution is -2.67. The van der Waals surface area contributed by atoms with Crippen molar-refractivity contribution in [3.05, 3.63) is 12.2 Å². The lowest BCUT2D eigenvalue weighted by Gasteiger charge is -2.73. The molecule has 6 aliphatic carbocycles. The van der Waals surface area contributed by atoms with Crippen molar-refractivity contribution >= 4 is 17.8 Å². The average molecular weight is 678 g/mol. The van der Waals surface area contributed by atoms with Crippen LogP contribution in [0.5, 0.6) is 0 Å². The summed E-state index contributed by atoms with van der Waals surface area (Å²) in [5.74, 6) is 1.47. The number of allylic oxidation sites excluding steroid dienone is 1. The summed E-state index contributed by atoms with van der Waals surface area (Å²) in [5, 5.41) is 9.42. The maximum atomic E-state index is 14.7. The Morgan fingerprint density at radius 3 is 2.12 bits per heavy atom. The number of amides is 1. The molecule has 1 heterocycles. The molecule has 6 heteroatoms. The molecular weight excluding hydrogens is 610 g/mol. The predicted molar refractivity (Wildman–Crippen MR) is 192 cm³/mol. The molecule has 6 nitrogen and oxygen atoms in total. The maximum Gasteiger partial charge on any atom is 0.310 e. The first-order chi connectivity index (χ1) is 22.9. The second kappa shape index (κ2) is 11.6. The molecule has 1 aliphatic heterocycles. The molecular formula is C43H67NO5. The lowest BCUT2D eigenvalue weighted by atomic mass is 9.32. The Morgan fingerprint density at radius 2 is 1.47 bits per heavy atom. The van der Waals surface area contributed by atoms with E-state index in [2.05, 4.69) is 53.0 Å². The van der Waals surface area contributed by atoms with Gasteiger partial charge in [0.05, 0.1) is 11.3 Å². The van der Waals surface area contributed by atoms with E-state index >= 15 is 0 Å². The van der Waals surface area contributed by atoms with Crippen LogP contribution in [0.15, 0.2) is 12.2 Å². The van der Waals surface area contributed by atoms with Crippen LogP contribution in [0.25, 0.3) is 0 Å². The molecule has 49 heavy (non-hydrogen) atoms. The number of hydrogen-bond donors (Lipinski definition) is 1. The molecule has 274 valence electrons. The zero-order valence-corrected chi connectivity index (χ0v) is 32.2. The summed E-state index contributed by atoms with van der Waals surface area (Å²) in [4.78, 5) is 42.0. The molecule has 0 aromatic rings. The second-order valence-corrected chi connectivity index (χ2v) is 20.5. The van der Waals surface area contributed by atoms with Crippen LogP contribution in [0, 0.1) is 73.9 Å². The minimum absolute atomic E-state index is 0.0308. The van der Waals surface area contributed by atoms with Crippen molar-refractivity contribution in [1.82, 2.24) is 4.90 Å². The van der Waals surface area contributed by atoms with E-state index in [-0.39, 0.29) is 62.8 Å². The number of fused-ring (bicyclic) bond motifs is 7. The van der Waals surface area contributed by atoms with Crippen LogP contribution in [-0.4, -0.2) is 47.0 Å². The number of carboxylic acid groups (broad SMARTS) is 1. The highest BCUT2D eigenvalue weighted by atomic mass is 16.5. The normalized spacial score (nSPS) is 47.9. The maximum absolute atomic E-state index is 14.7. The number of carboxylic acids is 1. The number of rotatable bonds is 6. The van der Waals surface area contributed by atoms with Crippen LogP contribution in [-0.2, 0) is 19.1 Å². The van der Waals surface area contributed by atoms with E-state index in [0.29, 0.717) is 35.5 Å². The van der Waals surface area contributed by atoms with E-state index in [0.717, 1.165) is 70.9 Å². The minimum atomic E-state index is -0.837. The number of esters is 1. The Kier molecular flexibility index (Phi) is 8.40. The van der Waals surface area contributed by atoms with Crippen LogP contribution in [0.1, 0.15) is 145 Å². The smallest absolute Gasteiger partial charge is 0.310 e. The van der Waals surface area contributed by atoms with Gasteiger partial charge in [0.2, 0.25) is 5.91 Å². The Morgan fingerprint density at radius 1 is 0.776 bits per heavy atom. The first-order valence-electron chi connectivity index (χ1n) is 20.2. The standard InChI is InChI=1S/C43H67NO5/c1-26(2)27-15-20-43(37(48)44-23-11-10-12-24-44)22-21-41(8)28(34(27)43)13-14-31-40(7)18-17-32(39(5,6)30(40)16-19-42(31,41)9)49-36(47)35-29(25-33(45)46)38(35,3)4/h27-32,34-35H,1,10-25H2,2-9H3,(H,45,46)/t27-,28+,29-,30-,31+,32-,34+,35-,40-,41+,42+,43-/m0/s1.